The summed E-state index contributed by atoms with van der Waals surface area (Å²) in [4.78, 5) is 12.1. The lowest BCUT2D eigenvalue weighted by atomic mass is 9.91. The summed E-state index contributed by atoms with van der Waals surface area (Å²) in [5, 5.41) is 12.4. The molecule has 0 aliphatic carbocycles. The van der Waals surface area contributed by atoms with Gasteiger partial charge in [-0.05, 0) is 43.9 Å². The van der Waals surface area contributed by atoms with Crippen molar-refractivity contribution in [2.75, 3.05) is 26.4 Å². The van der Waals surface area contributed by atoms with Gasteiger partial charge in [0.15, 0.2) is 6.61 Å². The minimum atomic E-state index is -0.569. The first-order chi connectivity index (χ1) is 10.1. The maximum Gasteiger partial charge on any atom is 0.258 e. The lowest BCUT2D eigenvalue weighted by Crippen LogP contribution is -2.55. The minimum absolute atomic E-state index is 0.0487. The van der Waals surface area contributed by atoms with Crippen molar-refractivity contribution in [3.63, 3.8) is 0 Å². The lowest BCUT2D eigenvalue weighted by Gasteiger charge is -2.36. The van der Waals surface area contributed by atoms with E-state index in [2.05, 4.69) is 5.32 Å². The molecule has 5 nitrogen and oxygen atoms in total. The van der Waals surface area contributed by atoms with E-state index in [0.29, 0.717) is 26.1 Å². The summed E-state index contributed by atoms with van der Waals surface area (Å²) in [6, 6.07) is 5.76. The second-order valence-electron chi connectivity index (χ2n) is 5.59. The van der Waals surface area contributed by atoms with Crippen LogP contribution in [0.3, 0.4) is 0 Å². The number of hydrogen-bond donors (Lipinski definition) is 2. The van der Waals surface area contributed by atoms with E-state index in [1.165, 1.54) is 0 Å². The molecule has 1 fully saturated rings. The molecule has 0 unspecified atom stereocenters. The largest absolute Gasteiger partial charge is 0.483 e. The van der Waals surface area contributed by atoms with Crippen LogP contribution in [0.1, 0.15) is 24.0 Å². The number of hydrogen-bond acceptors (Lipinski definition) is 4. The molecule has 0 atom stereocenters. The molecule has 2 N–H and O–H groups in total. The third-order valence-corrected chi connectivity index (χ3v) is 4.07. The molecule has 1 aliphatic heterocycles. The second kappa shape index (κ2) is 6.91. The van der Waals surface area contributed by atoms with Crippen LogP contribution >= 0.6 is 0 Å². The van der Waals surface area contributed by atoms with Crippen LogP contribution in [0.25, 0.3) is 0 Å². The third-order valence-electron chi connectivity index (χ3n) is 4.07. The highest BCUT2D eigenvalue weighted by atomic mass is 16.5. The average molecular weight is 293 g/mol. The summed E-state index contributed by atoms with van der Waals surface area (Å²) in [7, 11) is 0. The molecule has 2 rings (SSSR count). The van der Waals surface area contributed by atoms with Gasteiger partial charge >= 0.3 is 0 Å². The molecule has 1 aromatic carbocycles. The third kappa shape index (κ3) is 3.95. The molecule has 1 aliphatic rings. The van der Waals surface area contributed by atoms with E-state index in [4.69, 9.17) is 9.47 Å². The first-order valence-electron chi connectivity index (χ1n) is 7.25. The van der Waals surface area contributed by atoms with Crippen molar-refractivity contribution >= 4 is 5.91 Å². The highest BCUT2D eigenvalue weighted by Crippen LogP contribution is 2.22. The summed E-state index contributed by atoms with van der Waals surface area (Å²) < 4.78 is 10.9. The summed E-state index contributed by atoms with van der Waals surface area (Å²) in [6.07, 6.45) is 1.25. The van der Waals surface area contributed by atoms with E-state index in [9.17, 15) is 9.90 Å². The molecular weight excluding hydrogens is 270 g/mol. The topological polar surface area (TPSA) is 67.8 Å². The number of carbonyl (C=O) groups is 1. The molecule has 0 aromatic heterocycles. The Morgan fingerprint density at radius 3 is 2.76 bits per heavy atom. The van der Waals surface area contributed by atoms with Crippen molar-refractivity contribution in [3.05, 3.63) is 29.3 Å². The fourth-order valence-electron chi connectivity index (χ4n) is 2.44. The summed E-state index contributed by atoms with van der Waals surface area (Å²) >= 11 is 0. The van der Waals surface area contributed by atoms with Crippen molar-refractivity contribution in [2.24, 2.45) is 0 Å². The molecule has 21 heavy (non-hydrogen) atoms. The van der Waals surface area contributed by atoms with Gasteiger partial charge in [-0.2, -0.15) is 0 Å². The minimum Gasteiger partial charge on any atom is -0.483 e. The molecule has 1 amide bonds. The predicted molar refractivity (Wildman–Crippen MR) is 79.4 cm³/mol. The average Bonchev–Trinajstić information content (AvgIpc) is 2.50. The van der Waals surface area contributed by atoms with Crippen molar-refractivity contribution in [2.45, 2.75) is 32.2 Å². The molecule has 116 valence electrons. The SMILES string of the molecule is Cc1cccc(OCC(=O)NC2(CO)CCOCC2)c1C. The monoisotopic (exact) mass is 293 g/mol. The Kier molecular flexibility index (Phi) is 5.20. The van der Waals surface area contributed by atoms with Gasteiger partial charge in [0.2, 0.25) is 0 Å². The zero-order valence-electron chi connectivity index (χ0n) is 12.6. The summed E-state index contributed by atoms with van der Waals surface area (Å²) in [6.45, 7) is 4.96. The number of aliphatic hydroxyl groups is 1. The van der Waals surface area contributed by atoms with Crippen LogP contribution in [0.15, 0.2) is 18.2 Å². The van der Waals surface area contributed by atoms with Crippen molar-refractivity contribution in [3.8, 4) is 5.75 Å². The number of amides is 1. The van der Waals surface area contributed by atoms with Gasteiger partial charge in [0.25, 0.3) is 5.91 Å². The van der Waals surface area contributed by atoms with Crippen LogP contribution in [0.2, 0.25) is 0 Å². The molecule has 5 heteroatoms. The number of aliphatic hydroxyl groups excluding tert-OH is 1. The van der Waals surface area contributed by atoms with Crippen LogP contribution in [-0.4, -0.2) is 43.0 Å². The van der Waals surface area contributed by atoms with Crippen LogP contribution < -0.4 is 10.1 Å². The van der Waals surface area contributed by atoms with E-state index < -0.39 is 5.54 Å². The van der Waals surface area contributed by atoms with Crippen LogP contribution in [0, 0.1) is 13.8 Å². The molecule has 0 saturated carbocycles. The Morgan fingerprint density at radius 1 is 1.38 bits per heavy atom. The standard InChI is InChI=1S/C16H23NO4/c1-12-4-3-5-14(13(12)2)21-10-15(19)17-16(11-18)6-8-20-9-7-16/h3-5,18H,6-11H2,1-2H3,(H,17,19). The Hall–Kier alpha value is -1.59. The van der Waals surface area contributed by atoms with Gasteiger partial charge in [0.05, 0.1) is 12.1 Å². The maximum absolute atomic E-state index is 12.1. The smallest absolute Gasteiger partial charge is 0.258 e. The van der Waals surface area contributed by atoms with Crippen LogP contribution in [0.4, 0.5) is 0 Å². The van der Waals surface area contributed by atoms with Gasteiger partial charge in [0.1, 0.15) is 5.75 Å². The number of benzene rings is 1. The Bertz CT molecular complexity index is 495. The Balaban J connectivity index is 1.91. The quantitative estimate of drug-likeness (QED) is 0.859. The highest BCUT2D eigenvalue weighted by Gasteiger charge is 2.33. The summed E-state index contributed by atoms with van der Waals surface area (Å²) in [5.74, 6) is 0.502. The maximum atomic E-state index is 12.1. The van der Waals surface area contributed by atoms with Gasteiger partial charge < -0.3 is 19.9 Å². The molecule has 1 aromatic rings. The molecule has 1 heterocycles. The van der Waals surface area contributed by atoms with Gasteiger partial charge in [-0.15, -0.1) is 0 Å². The van der Waals surface area contributed by atoms with Gasteiger partial charge in [0, 0.05) is 13.2 Å². The second-order valence-corrected chi connectivity index (χ2v) is 5.59. The number of carbonyl (C=O) groups excluding carboxylic acids is 1. The number of rotatable bonds is 5. The zero-order valence-corrected chi connectivity index (χ0v) is 12.6. The van der Waals surface area contributed by atoms with E-state index in [0.717, 1.165) is 16.9 Å². The van der Waals surface area contributed by atoms with E-state index in [1.807, 2.05) is 32.0 Å². The van der Waals surface area contributed by atoms with Gasteiger partial charge in [-0.3, -0.25) is 4.79 Å². The molecule has 0 radical (unpaired) electrons. The normalized spacial score (nSPS) is 17.3. The van der Waals surface area contributed by atoms with E-state index in [-0.39, 0.29) is 19.1 Å². The predicted octanol–water partition coefficient (Wildman–Crippen LogP) is 1.34. The van der Waals surface area contributed by atoms with Crippen LogP contribution in [-0.2, 0) is 9.53 Å². The molecular formula is C16H23NO4. The Labute approximate surface area is 125 Å². The number of nitrogens with one attached hydrogen (secondary N) is 1. The van der Waals surface area contributed by atoms with Gasteiger partial charge in [-0.25, -0.2) is 0 Å². The molecule has 0 spiro atoms. The summed E-state index contributed by atoms with van der Waals surface area (Å²) in [5.41, 5.74) is 1.60. The van der Waals surface area contributed by atoms with Crippen molar-refractivity contribution in [1.29, 1.82) is 0 Å². The van der Waals surface area contributed by atoms with Crippen LogP contribution in [0.5, 0.6) is 5.75 Å². The first kappa shape index (κ1) is 15.8. The first-order valence-corrected chi connectivity index (χ1v) is 7.25. The van der Waals surface area contributed by atoms with Gasteiger partial charge in [-0.1, -0.05) is 12.1 Å². The fraction of sp³-hybridized carbons (Fsp3) is 0.562. The molecule has 0 bridgehead atoms. The highest BCUT2D eigenvalue weighted by molar-refractivity contribution is 5.78. The zero-order chi connectivity index (χ0) is 15.3. The lowest BCUT2D eigenvalue weighted by molar-refractivity contribution is -0.127. The fourth-order valence-corrected chi connectivity index (χ4v) is 2.44. The van der Waals surface area contributed by atoms with Crippen molar-refractivity contribution in [1.82, 2.24) is 5.32 Å². The van der Waals surface area contributed by atoms with E-state index in [1.54, 1.807) is 0 Å². The van der Waals surface area contributed by atoms with Crippen molar-refractivity contribution < 1.29 is 19.4 Å². The van der Waals surface area contributed by atoms with E-state index >= 15 is 0 Å². The molecule has 1 saturated heterocycles. The number of aryl methyl sites for hydroxylation is 1. The Morgan fingerprint density at radius 2 is 2.10 bits per heavy atom. The number of ether oxygens (including phenoxy) is 2.